The summed E-state index contributed by atoms with van der Waals surface area (Å²) in [6.07, 6.45) is 5.67. The van der Waals surface area contributed by atoms with Gasteiger partial charge in [0.1, 0.15) is 0 Å². The van der Waals surface area contributed by atoms with Gasteiger partial charge in [0.25, 0.3) is 0 Å². The van der Waals surface area contributed by atoms with Gasteiger partial charge in [-0.25, -0.2) is 0 Å². The molecule has 0 aliphatic carbocycles. The zero-order valence-corrected chi connectivity index (χ0v) is 42.2. The van der Waals surface area contributed by atoms with Crippen molar-refractivity contribution in [3.8, 4) is 0 Å². The van der Waals surface area contributed by atoms with Crippen LogP contribution in [0.4, 0.5) is 0 Å². The third-order valence-electron chi connectivity index (χ3n) is 10.5. The lowest BCUT2D eigenvalue weighted by atomic mass is 9.84. The Morgan fingerprint density at radius 3 is 1.19 bits per heavy atom. The molecule has 12 heteroatoms. The average molecular weight is 946 g/mol. The minimum atomic E-state index is -2.67. The second-order valence-corrected chi connectivity index (χ2v) is 21.5. The maximum atomic E-state index is 5.84. The van der Waals surface area contributed by atoms with Gasteiger partial charge in [0.05, 0.1) is 39.6 Å². The zero-order valence-electron chi connectivity index (χ0n) is 40.2. The van der Waals surface area contributed by atoms with Gasteiger partial charge in [-0.15, -0.1) is 0 Å². The smallest absolute Gasteiger partial charge is 0.381 e. The van der Waals surface area contributed by atoms with E-state index in [1.165, 1.54) is 24.8 Å². The van der Waals surface area contributed by atoms with Crippen LogP contribution in [0.15, 0.2) is 60.7 Å². The molecule has 2 aliphatic heterocycles. The van der Waals surface area contributed by atoms with Crippen molar-refractivity contribution in [2.45, 2.75) is 157 Å². The maximum absolute atomic E-state index is 5.84. The molecule has 64 heavy (non-hydrogen) atoms. The van der Waals surface area contributed by atoms with Crippen LogP contribution < -0.4 is 5.19 Å². The predicted octanol–water partition coefficient (Wildman–Crippen LogP) is 13.0. The maximum Gasteiger partial charge on any atom is 0.537 e. The summed E-state index contributed by atoms with van der Waals surface area (Å²) in [6.45, 7) is 35.6. The van der Waals surface area contributed by atoms with E-state index in [0.717, 1.165) is 82.8 Å². The molecular weight excluding hydrogens is 841 g/mol. The molecule has 2 aromatic carbocycles. The molecule has 0 radical (unpaired) electrons. The highest BCUT2D eigenvalue weighted by molar-refractivity contribution is 6.75. The molecule has 2 aromatic rings. The van der Waals surface area contributed by atoms with E-state index in [4.69, 9.17) is 45.5 Å². The summed E-state index contributed by atoms with van der Waals surface area (Å²) in [5, 5.41) is 1.03. The first kappa shape index (κ1) is 69.0. The molecule has 0 unspecified atom stereocenters. The first-order valence-electron chi connectivity index (χ1n) is 23.2. The van der Waals surface area contributed by atoms with E-state index in [0.29, 0.717) is 51.0 Å². The van der Waals surface area contributed by atoms with Gasteiger partial charge < -0.3 is 45.5 Å². The van der Waals surface area contributed by atoms with Crippen molar-refractivity contribution in [2.24, 2.45) is 16.7 Å². The van der Waals surface area contributed by atoms with Gasteiger partial charge in [0, 0.05) is 74.9 Å². The van der Waals surface area contributed by atoms with Gasteiger partial charge in [-0.2, -0.15) is 0 Å². The van der Waals surface area contributed by atoms with Crippen LogP contribution in [0.25, 0.3) is 0 Å². The van der Waals surface area contributed by atoms with Crippen LogP contribution in [0.1, 0.15) is 156 Å². The fourth-order valence-electron chi connectivity index (χ4n) is 6.55. The van der Waals surface area contributed by atoms with Crippen LogP contribution in [0.2, 0.25) is 6.04 Å². The Bertz CT molecular complexity index is 1220. The quantitative estimate of drug-likeness (QED) is 0.0606. The highest BCUT2D eigenvalue weighted by atomic mass is 28.4. The molecule has 2 fully saturated rings. The first-order valence-corrected chi connectivity index (χ1v) is 26.8. The largest absolute Gasteiger partial charge is 0.537 e. The second-order valence-electron chi connectivity index (χ2n) is 16.2. The normalized spacial score (nSPS) is 14.5. The summed E-state index contributed by atoms with van der Waals surface area (Å²) in [4.78, 5) is 0. The highest BCUT2D eigenvalue weighted by Crippen LogP contribution is 2.32. The van der Waals surface area contributed by atoms with Gasteiger partial charge in [0.2, 0.25) is 0 Å². The van der Waals surface area contributed by atoms with E-state index in [9.17, 15) is 0 Å². The van der Waals surface area contributed by atoms with Crippen molar-refractivity contribution in [3.05, 3.63) is 66.2 Å². The van der Waals surface area contributed by atoms with Crippen molar-refractivity contribution in [3.63, 3.8) is 0 Å². The molecule has 10 nitrogen and oxygen atoms in total. The van der Waals surface area contributed by atoms with E-state index >= 15 is 0 Å². The number of hydrogen-bond donors (Lipinski definition) is 0. The standard InChI is InChI=1S/C15H32O5Si.C12H20O3Si.C12H24O2.C9H12.4CH4/c1-5-15(13-17-14-15)12-16-10-9-11-21(18-6-2,19-7-3)20-8-4;1-4-13-16(14-5-2,15-6-3)12-10-8-7-9-11-12;1-4-12(9-14-10-12)8-13-7-5-6-11(2)3;1-8(2)9-6-4-3-5-7-9;;;;/h5-14H2,1-4H3;7-11H,4-6H2,1-3H3;11H,4-10H2,1-3H3;3-8H,1-2H3;4*1H4. The Balaban J connectivity index is -0.000000380. The van der Waals surface area contributed by atoms with Crippen LogP contribution in [0.3, 0.4) is 0 Å². The monoisotopic (exact) mass is 945 g/mol. The Labute approximate surface area is 399 Å². The first-order chi connectivity index (χ1) is 28.9. The van der Waals surface area contributed by atoms with E-state index in [1.54, 1.807) is 0 Å². The minimum Gasteiger partial charge on any atom is -0.381 e. The van der Waals surface area contributed by atoms with Crippen LogP contribution in [-0.2, 0) is 45.5 Å². The summed E-state index contributed by atoms with van der Waals surface area (Å²) < 4.78 is 57.0. The molecule has 2 aliphatic rings. The van der Waals surface area contributed by atoms with Crippen molar-refractivity contribution in [1.82, 2.24) is 0 Å². The SMILES string of the molecule is C.C.C.C.CC(C)c1ccccc1.CCC1(COCCCC(C)C)COC1.CCO[Si](CCCOCC1(CC)COC1)(OCC)OCC.CCO[Si](OCC)(OCC)c1ccccc1. The lowest BCUT2D eigenvalue weighted by molar-refractivity contribution is -0.150. The summed E-state index contributed by atoms with van der Waals surface area (Å²) in [7, 11) is -5.17. The summed E-state index contributed by atoms with van der Waals surface area (Å²) in [5.41, 5.74) is 2.03. The van der Waals surface area contributed by atoms with Crippen molar-refractivity contribution in [2.75, 3.05) is 92.5 Å². The zero-order chi connectivity index (χ0) is 44.6. The number of benzene rings is 2. The molecule has 2 heterocycles. The number of ether oxygens (including phenoxy) is 4. The fourth-order valence-corrected chi connectivity index (χ4v) is 11.6. The highest BCUT2D eigenvalue weighted by Gasteiger charge is 2.43. The molecule has 0 atom stereocenters. The fraction of sp³-hybridized carbons (Fsp3) is 0.769. The molecule has 0 spiro atoms. The Morgan fingerprint density at radius 1 is 0.516 bits per heavy atom. The van der Waals surface area contributed by atoms with Crippen LogP contribution in [0.5, 0.6) is 0 Å². The minimum absolute atomic E-state index is 0. The molecule has 0 aromatic heterocycles. The van der Waals surface area contributed by atoms with E-state index in [1.807, 2.05) is 77.9 Å². The van der Waals surface area contributed by atoms with Gasteiger partial charge in [-0.3, -0.25) is 0 Å². The molecule has 0 N–H and O–H groups in total. The molecule has 4 rings (SSSR count). The van der Waals surface area contributed by atoms with Gasteiger partial charge in [-0.1, -0.05) is 132 Å². The third kappa shape index (κ3) is 26.7. The molecule has 2 saturated heterocycles. The molecular formula is C52H104O10Si2. The lowest BCUT2D eigenvalue weighted by Gasteiger charge is -2.40. The Morgan fingerprint density at radius 2 is 0.891 bits per heavy atom. The van der Waals surface area contributed by atoms with Crippen LogP contribution in [-0.4, -0.2) is 110 Å². The average Bonchev–Trinajstić information content (AvgIpc) is 3.21. The second kappa shape index (κ2) is 40.5. The Hall–Kier alpha value is -1.53. The van der Waals surface area contributed by atoms with Crippen molar-refractivity contribution >= 4 is 22.8 Å². The Kier molecular flexibility index (Phi) is 43.7. The summed E-state index contributed by atoms with van der Waals surface area (Å²) in [5.74, 6) is 1.46. The summed E-state index contributed by atoms with van der Waals surface area (Å²) >= 11 is 0. The van der Waals surface area contributed by atoms with Gasteiger partial charge in [-0.05, 0) is 91.0 Å². The lowest BCUT2D eigenvalue weighted by Crippen LogP contribution is -2.56. The van der Waals surface area contributed by atoms with Gasteiger partial charge in [0.15, 0.2) is 0 Å². The third-order valence-corrected chi connectivity index (χ3v) is 16.7. The van der Waals surface area contributed by atoms with Crippen molar-refractivity contribution in [1.29, 1.82) is 0 Å². The molecule has 0 saturated carbocycles. The summed E-state index contributed by atoms with van der Waals surface area (Å²) in [6, 6.07) is 21.3. The number of rotatable bonds is 28. The predicted molar refractivity (Wildman–Crippen MR) is 277 cm³/mol. The van der Waals surface area contributed by atoms with Crippen LogP contribution in [0, 0.1) is 16.7 Å². The van der Waals surface area contributed by atoms with Crippen LogP contribution >= 0.6 is 0 Å². The van der Waals surface area contributed by atoms with E-state index < -0.39 is 17.6 Å². The van der Waals surface area contributed by atoms with Gasteiger partial charge >= 0.3 is 17.6 Å². The van der Waals surface area contributed by atoms with E-state index in [-0.39, 0.29) is 35.1 Å². The topological polar surface area (TPSA) is 92.3 Å². The molecule has 0 bridgehead atoms. The number of hydrogen-bond acceptors (Lipinski definition) is 10. The molecule has 0 amide bonds. The van der Waals surface area contributed by atoms with Crippen molar-refractivity contribution < 1.29 is 45.5 Å². The van der Waals surface area contributed by atoms with E-state index in [2.05, 4.69) is 65.8 Å². The molecule has 380 valence electrons.